The lowest BCUT2D eigenvalue weighted by Crippen LogP contribution is -2.57. The van der Waals surface area contributed by atoms with Gasteiger partial charge >= 0.3 is 12.1 Å². The maximum Gasteiger partial charge on any atom is 0.339 e. The van der Waals surface area contributed by atoms with Gasteiger partial charge in [-0.2, -0.15) is 0 Å². The van der Waals surface area contributed by atoms with E-state index in [9.17, 15) is 10.2 Å². The highest BCUT2D eigenvalue weighted by Crippen LogP contribution is 2.48. The highest BCUT2D eigenvalue weighted by atomic mass is 16.3. The molecule has 0 bridgehead atoms. The number of urea groups is 2. The fraction of sp³-hybridized carbons (Fsp3) is 0.292. The molecule has 18 nitrogen and oxygen atoms in total. The van der Waals surface area contributed by atoms with Crippen molar-refractivity contribution >= 4 is 47.1 Å². The zero-order chi connectivity index (χ0) is 45.7. The van der Waals surface area contributed by atoms with Crippen LogP contribution >= 0.6 is 0 Å². The molecule has 6 aromatic rings. The Morgan fingerprint density at radius 2 is 0.955 bits per heavy atom. The Labute approximate surface area is 379 Å². The second-order valence-electron chi connectivity index (χ2n) is 17.2. The van der Waals surface area contributed by atoms with Crippen molar-refractivity contribution in [2.75, 3.05) is 45.8 Å². The number of benzene rings is 2. The molecular formula is C48H46N12O6. The predicted molar refractivity (Wildman–Crippen MR) is 242 cm³/mol. The van der Waals surface area contributed by atoms with Crippen LogP contribution in [0.15, 0.2) is 110 Å². The molecule has 2 spiro atoms. The van der Waals surface area contributed by atoms with Gasteiger partial charge in [0.05, 0.1) is 47.6 Å². The minimum atomic E-state index is -1.48. The first-order valence-electron chi connectivity index (χ1n) is 21.8. The Morgan fingerprint density at radius 1 is 0.515 bits per heavy atom. The van der Waals surface area contributed by atoms with Gasteiger partial charge in [-0.1, -0.05) is 48.5 Å². The Bertz CT molecular complexity index is 2850. The number of pyridine rings is 2. The van der Waals surface area contributed by atoms with Crippen molar-refractivity contribution in [1.82, 2.24) is 39.7 Å². The van der Waals surface area contributed by atoms with Crippen LogP contribution in [0.3, 0.4) is 0 Å². The largest absolute Gasteiger partial charge is 0.505 e. The maximum absolute atomic E-state index is 15.5. The minimum absolute atomic E-state index is 0.00487. The molecule has 4 aliphatic heterocycles. The number of aromatic nitrogens is 6. The Morgan fingerprint density at radius 3 is 1.39 bits per heavy atom. The molecule has 66 heavy (non-hydrogen) atoms. The predicted octanol–water partition coefficient (Wildman–Crippen LogP) is 5.77. The number of rotatable bonds is 9. The number of piperidine rings is 2. The summed E-state index contributed by atoms with van der Waals surface area (Å²) in [4.78, 5) is 97.0. The van der Waals surface area contributed by atoms with E-state index < -0.39 is 35.0 Å². The second-order valence-corrected chi connectivity index (χ2v) is 17.2. The monoisotopic (exact) mass is 886 g/mol. The minimum Gasteiger partial charge on any atom is -0.505 e. The van der Waals surface area contributed by atoms with Gasteiger partial charge in [-0.3, -0.25) is 29.4 Å². The van der Waals surface area contributed by atoms with Crippen LogP contribution < -0.4 is 19.6 Å². The summed E-state index contributed by atoms with van der Waals surface area (Å²) in [6.07, 6.45) is 8.96. The number of carbonyl (C=O) groups is 4. The number of imide groups is 2. The zero-order valence-electron chi connectivity index (χ0n) is 36.4. The van der Waals surface area contributed by atoms with E-state index in [1.807, 2.05) is 68.4 Å². The molecule has 4 aromatic heterocycles. The SMILES string of the molecule is Cc1cccnc1CN1CCC2(CC1)C(=O)N(c1ccc(-c3ccccc3)cc1N1C(=O)N(c3ncc(O)cn3)C3(CCN(Cc4ncccc4C)CC3)C1=O)C(=O)N2c1ncc(O)cn1. The van der Waals surface area contributed by atoms with Gasteiger partial charge in [0.1, 0.15) is 11.1 Å². The van der Waals surface area contributed by atoms with Crippen LogP contribution in [0.5, 0.6) is 11.5 Å². The summed E-state index contributed by atoms with van der Waals surface area (Å²) < 4.78 is 0. The van der Waals surface area contributed by atoms with Crippen molar-refractivity contribution in [1.29, 1.82) is 0 Å². The maximum atomic E-state index is 15.5. The van der Waals surface area contributed by atoms with Crippen molar-refractivity contribution in [3.63, 3.8) is 0 Å². The number of aryl methyl sites for hydroxylation is 2. The van der Waals surface area contributed by atoms with Crippen LogP contribution in [0.1, 0.15) is 48.2 Å². The van der Waals surface area contributed by atoms with Gasteiger partial charge in [0.25, 0.3) is 11.8 Å². The normalized spacial score (nSPS) is 18.6. The molecule has 10 rings (SSSR count). The van der Waals surface area contributed by atoms with E-state index in [1.54, 1.807) is 30.6 Å². The first-order valence-corrected chi connectivity index (χ1v) is 21.8. The molecule has 8 heterocycles. The standard InChI is InChI=1S/C48H46N12O6/c1-31-8-6-18-49-37(31)29-55-20-14-47(15-21-55)41(63)57(45(65)59(47)43-51-25-35(61)26-52-43)39-13-12-34(33-10-4-3-5-11-33)24-40(39)58-42(64)48(60(46(58)66)44-53-27-36(62)28-54-44)16-22-56(23-17-48)30-38-32(2)9-7-19-50-38/h3-13,18-19,24-28,61-62H,14-17,20-23,29-30H2,1-2H3. The molecule has 334 valence electrons. The van der Waals surface area contributed by atoms with Crippen molar-refractivity contribution in [2.24, 2.45) is 0 Å². The number of carbonyl (C=O) groups excluding carboxylic acids is 4. The Hall–Kier alpha value is -7.70. The zero-order valence-corrected chi connectivity index (χ0v) is 36.4. The highest BCUT2D eigenvalue weighted by molar-refractivity contribution is 6.35. The topological polar surface area (TPSA) is 206 Å². The summed E-state index contributed by atoms with van der Waals surface area (Å²) in [7, 11) is 0. The van der Waals surface area contributed by atoms with Crippen LogP contribution in [-0.2, 0) is 22.7 Å². The lowest BCUT2D eigenvalue weighted by molar-refractivity contribution is -0.124. The molecule has 6 amide bonds. The number of nitrogens with zero attached hydrogens (tertiary/aromatic N) is 12. The van der Waals surface area contributed by atoms with Crippen LogP contribution in [0, 0.1) is 13.8 Å². The number of hydrogen-bond acceptors (Lipinski definition) is 14. The first-order chi connectivity index (χ1) is 32.0. The van der Waals surface area contributed by atoms with E-state index in [1.165, 1.54) is 34.6 Å². The van der Waals surface area contributed by atoms with E-state index in [2.05, 4.69) is 39.7 Å². The van der Waals surface area contributed by atoms with Gasteiger partial charge in [0.15, 0.2) is 11.5 Å². The molecule has 0 aliphatic carbocycles. The molecule has 4 fully saturated rings. The highest BCUT2D eigenvalue weighted by Gasteiger charge is 2.63. The molecule has 0 saturated carbocycles. The van der Waals surface area contributed by atoms with Crippen LogP contribution in [0.4, 0.5) is 32.9 Å². The third-order valence-electron chi connectivity index (χ3n) is 13.4. The molecule has 4 saturated heterocycles. The van der Waals surface area contributed by atoms with Crippen molar-refractivity contribution in [3.05, 3.63) is 132 Å². The second kappa shape index (κ2) is 16.7. The average molecular weight is 887 g/mol. The van der Waals surface area contributed by atoms with Crippen molar-refractivity contribution in [3.8, 4) is 22.6 Å². The van der Waals surface area contributed by atoms with E-state index in [0.29, 0.717) is 44.8 Å². The number of anilines is 4. The average Bonchev–Trinajstić information content (AvgIpc) is 3.67. The van der Waals surface area contributed by atoms with Crippen LogP contribution in [0.2, 0.25) is 0 Å². The third kappa shape index (κ3) is 7.14. The summed E-state index contributed by atoms with van der Waals surface area (Å²) in [6.45, 7) is 6.74. The fourth-order valence-electron chi connectivity index (χ4n) is 9.72. The Kier molecular flexibility index (Phi) is 10.7. The first kappa shape index (κ1) is 42.3. The van der Waals surface area contributed by atoms with Crippen LogP contribution in [0.25, 0.3) is 11.1 Å². The quantitative estimate of drug-likeness (QED) is 0.166. The molecule has 4 aliphatic rings. The van der Waals surface area contributed by atoms with Gasteiger partial charge in [-0.15, -0.1) is 0 Å². The summed E-state index contributed by atoms with van der Waals surface area (Å²) >= 11 is 0. The number of amides is 6. The van der Waals surface area contributed by atoms with Crippen molar-refractivity contribution in [2.45, 2.75) is 63.7 Å². The Balaban J connectivity index is 1.07. The molecule has 2 N–H and O–H groups in total. The van der Waals surface area contributed by atoms with E-state index >= 15 is 19.2 Å². The number of aromatic hydroxyl groups is 2. The molecule has 0 unspecified atom stereocenters. The van der Waals surface area contributed by atoms with Gasteiger partial charge < -0.3 is 10.2 Å². The molecule has 18 heteroatoms. The van der Waals surface area contributed by atoms with Crippen LogP contribution in [-0.4, -0.2) is 111 Å². The van der Waals surface area contributed by atoms with E-state index in [-0.39, 0.29) is 60.5 Å². The lowest BCUT2D eigenvalue weighted by Gasteiger charge is -2.41. The van der Waals surface area contributed by atoms with Gasteiger partial charge in [-0.25, -0.2) is 49.1 Å². The smallest absolute Gasteiger partial charge is 0.339 e. The molecular weight excluding hydrogens is 841 g/mol. The molecule has 2 aromatic carbocycles. The summed E-state index contributed by atoms with van der Waals surface area (Å²) in [5, 5.41) is 20.4. The molecule has 0 atom stereocenters. The molecule has 0 radical (unpaired) electrons. The fourth-order valence-corrected chi connectivity index (χ4v) is 9.72. The van der Waals surface area contributed by atoms with Gasteiger partial charge in [0, 0.05) is 51.7 Å². The summed E-state index contributed by atoms with van der Waals surface area (Å²) in [6, 6.07) is 20.6. The van der Waals surface area contributed by atoms with E-state index in [4.69, 9.17) is 0 Å². The van der Waals surface area contributed by atoms with Gasteiger partial charge in [0.2, 0.25) is 11.9 Å². The third-order valence-corrected chi connectivity index (χ3v) is 13.4. The van der Waals surface area contributed by atoms with Crippen molar-refractivity contribution < 1.29 is 29.4 Å². The summed E-state index contributed by atoms with van der Waals surface area (Å²) in [5.74, 6) is -1.76. The number of likely N-dealkylation sites (tertiary alicyclic amines) is 2. The lowest BCUT2D eigenvalue weighted by atomic mass is 9.85. The summed E-state index contributed by atoms with van der Waals surface area (Å²) in [5.41, 5.74) is 2.34. The number of hydrogen-bond donors (Lipinski definition) is 2. The van der Waals surface area contributed by atoms with E-state index in [0.717, 1.165) is 37.9 Å². The van der Waals surface area contributed by atoms with Gasteiger partial charge in [-0.05, 0) is 86.1 Å².